The molecule has 25 heavy (non-hydrogen) atoms. The summed E-state index contributed by atoms with van der Waals surface area (Å²) in [6, 6.07) is 12.9. The second-order valence-corrected chi connectivity index (χ2v) is 5.94. The average Bonchev–Trinajstić information content (AvgIpc) is 2.64. The number of nitrogens with zero attached hydrogens (tertiary/aromatic N) is 1. The van der Waals surface area contributed by atoms with E-state index in [0.717, 1.165) is 12.0 Å². The Morgan fingerprint density at radius 3 is 2.36 bits per heavy atom. The molecule has 0 atom stereocenters. The smallest absolute Gasteiger partial charge is 0.161 e. The van der Waals surface area contributed by atoms with E-state index in [1.807, 2.05) is 13.0 Å². The van der Waals surface area contributed by atoms with Gasteiger partial charge < -0.3 is 0 Å². The summed E-state index contributed by atoms with van der Waals surface area (Å²) in [7, 11) is 0. The minimum Gasteiger partial charge on any atom is -0.209 e. The first-order valence-corrected chi connectivity index (χ1v) is 8.37. The fourth-order valence-electron chi connectivity index (χ4n) is 2.51. The van der Waals surface area contributed by atoms with Gasteiger partial charge in [-0.2, -0.15) is 5.26 Å². The first-order chi connectivity index (χ1) is 12.0. The number of benzene rings is 2. The lowest BCUT2D eigenvalue weighted by atomic mass is 10.0. The molecular formula is C21H20F3N. The van der Waals surface area contributed by atoms with Gasteiger partial charge in [0.1, 0.15) is 11.6 Å². The highest BCUT2D eigenvalue weighted by molar-refractivity contribution is 5.61. The minimum atomic E-state index is -0.807. The van der Waals surface area contributed by atoms with Crippen molar-refractivity contribution in [2.75, 3.05) is 0 Å². The molecule has 0 aliphatic rings. The summed E-state index contributed by atoms with van der Waals surface area (Å²) in [6.45, 7) is 1.93. The summed E-state index contributed by atoms with van der Waals surface area (Å²) in [4.78, 5) is 0. The summed E-state index contributed by atoms with van der Waals surface area (Å²) in [5, 5.41) is 8.74. The normalized spacial score (nSPS) is 11.8. The van der Waals surface area contributed by atoms with Crippen LogP contribution in [0.1, 0.15) is 48.4 Å². The van der Waals surface area contributed by atoms with E-state index in [4.69, 9.17) is 5.26 Å². The van der Waals surface area contributed by atoms with Crippen molar-refractivity contribution in [1.29, 1.82) is 5.26 Å². The zero-order valence-electron chi connectivity index (χ0n) is 14.2. The Hall–Kier alpha value is -2.54. The molecule has 2 rings (SSSR count). The van der Waals surface area contributed by atoms with Crippen molar-refractivity contribution in [1.82, 2.24) is 0 Å². The van der Waals surface area contributed by atoms with E-state index in [1.165, 1.54) is 6.07 Å². The average molecular weight is 343 g/mol. The van der Waals surface area contributed by atoms with Crippen molar-refractivity contribution in [2.45, 2.75) is 39.0 Å². The third-order valence-corrected chi connectivity index (χ3v) is 4.06. The van der Waals surface area contributed by atoms with Crippen molar-refractivity contribution >= 4 is 5.83 Å². The molecule has 130 valence electrons. The standard InChI is InChI=1S/C21H20F3N/c1-2-3-4-19(22)21(24)18-11-6-15(7-12-18)5-9-17-10-8-16(14-25)13-20(17)23/h6-8,10-13H,2-5,9H2,1H3/b21-19+. The van der Waals surface area contributed by atoms with Crippen molar-refractivity contribution in [3.05, 3.63) is 76.4 Å². The zero-order chi connectivity index (χ0) is 18.2. The molecule has 1 nitrogen and oxygen atoms in total. The first-order valence-electron chi connectivity index (χ1n) is 8.37. The van der Waals surface area contributed by atoms with Crippen molar-refractivity contribution in [2.24, 2.45) is 0 Å². The summed E-state index contributed by atoms with van der Waals surface area (Å²) in [6.07, 6.45) is 2.59. The number of rotatable bonds is 7. The van der Waals surface area contributed by atoms with Gasteiger partial charge in [0.05, 0.1) is 11.6 Å². The molecule has 0 aromatic heterocycles. The zero-order valence-corrected chi connectivity index (χ0v) is 14.2. The van der Waals surface area contributed by atoms with E-state index in [-0.39, 0.29) is 17.5 Å². The maximum atomic E-state index is 14.0. The molecule has 0 radical (unpaired) electrons. The van der Waals surface area contributed by atoms with Crippen LogP contribution in [0.3, 0.4) is 0 Å². The van der Waals surface area contributed by atoms with Gasteiger partial charge in [-0.3, -0.25) is 0 Å². The van der Waals surface area contributed by atoms with Crippen LogP contribution in [-0.2, 0) is 12.8 Å². The van der Waals surface area contributed by atoms with Crippen molar-refractivity contribution in [3.8, 4) is 6.07 Å². The van der Waals surface area contributed by atoms with Gasteiger partial charge in [-0.05, 0) is 42.5 Å². The molecule has 0 amide bonds. The Morgan fingerprint density at radius 1 is 1.04 bits per heavy atom. The molecule has 2 aromatic rings. The Balaban J connectivity index is 2.02. The monoisotopic (exact) mass is 343 g/mol. The van der Waals surface area contributed by atoms with Crippen molar-refractivity contribution < 1.29 is 13.2 Å². The van der Waals surface area contributed by atoms with E-state index in [2.05, 4.69) is 0 Å². The number of aryl methyl sites for hydroxylation is 2. The maximum absolute atomic E-state index is 14.0. The van der Waals surface area contributed by atoms with Crippen LogP contribution in [0.5, 0.6) is 0 Å². The van der Waals surface area contributed by atoms with Gasteiger partial charge in [-0.25, -0.2) is 13.2 Å². The fraction of sp³-hybridized carbons (Fsp3) is 0.286. The first kappa shape index (κ1) is 18.8. The van der Waals surface area contributed by atoms with Gasteiger partial charge in [0.25, 0.3) is 0 Å². The van der Waals surface area contributed by atoms with Gasteiger partial charge in [-0.1, -0.05) is 43.7 Å². The van der Waals surface area contributed by atoms with E-state index in [1.54, 1.807) is 36.4 Å². The Morgan fingerprint density at radius 2 is 1.76 bits per heavy atom. The van der Waals surface area contributed by atoms with Crippen LogP contribution in [0, 0.1) is 17.1 Å². The van der Waals surface area contributed by atoms with E-state index < -0.39 is 17.5 Å². The number of unbranched alkanes of at least 4 members (excludes halogenated alkanes) is 1. The summed E-state index contributed by atoms with van der Waals surface area (Å²) in [5.74, 6) is -1.92. The highest BCUT2D eigenvalue weighted by Gasteiger charge is 2.09. The minimum absolute atomic E-state index is 0.113. The lowest BCUT2D eigenvalue weighted by Gasteiger charge is -2.06. The number of allylic oxidation sites excluding steroid dienone is 1. The molecule has 0 saturated heterocycles. The molecule has 4 heteroatoms. The molecule has 0 aliphatic heterocycles. The largest absolute Gasteiger partial charge is 0.209 e. The third-order valence-electron chi connectivity index (χ3n) is 4.06. The van der Waals surface area contributed by atoms with Gasteiger partial charge >= 0.3 is 0 Å². The Labute approximate surface area is 146 Å². The molecule has 0 fully saturated rings. The second kappa shape index (κ2) is 9.08. The Kier molecular flexibility index (Phi) is 6.82. The van der Waals surface area contributed by atoms with E-state index in [0.29, 0.717) is 24.8 Å². The number of hydrogen-bond donors (Lipinski definition) is 0. The van der Waals surface area contributed by atoms with Gasteiger partial charge in [0.2, 0.25) is 0 Å². The molecule has 0 spiro atoms. The number of nitriles is 1. The highest BCUT2D eigenvalue weighted by atomic mass is 19.2. The Bertz CT molecular complexity index is 786. The summed E-state index contributed by atoms with van der Waals surface area (Å²) < 4.78 is 41.5. The molecule has 0 heterocycles. The molecule has 0 N–H and O–H groups in total. The van der Waals surface area contributed by atoms with Crippen LogP contribution in [0.15, 0.2) is 48.3 Å². The SMILES string of the molecule is CCCC/C(F)=C(\F)c1ccc(CCc2ccc(C#N)cc2F)cc1. The number of hydrogen-bond acceptors (Lipinski definition) is 1. The van der Waals surface area contributed by atoms with Gasteiger partial charge in [0.15, 0.2) is 5.83 Å². The van der Waals surface area contributed by atoms with Crippen LogP contribution in [0.2, 0.25) is 0 Å². The topological polar surface area (TPSA) is 23.8 Å². The quantitative estimate of drug-likeness (QED) is 0.580. The maximum Gasteiger partial charge on any atom is 0.161 e. The predicted molar refractivity (Wildman–Crippen MR) is 93.6 cm³/mol. The molecule has 2 aromatic carbocycles. The van der Waals surface area contributed by atoms with Gasteiger partial charge in [0, 0.05) is 12.0 Å². The molecule has 0 unspecified atom stereocenters. The highest BCUT2D eigenvalue weighted by Crippen LogP contribution is 2.25. The molecule has 0 aliphatic carbocycles. The van der Waals surface area contributed by atoms with E-state index in [9.17, 15) is 13.2 Å². The summed E-state index contributed by atoms with van der Waals surface area (Å²) >= 11 is 0. The lowest BCUT2D eigenvalue weighted by Crippen LogP contribution is -1.96. The molecular weight excluding hydrogens is 323 g/mol. The van der Waals surface area contributed by atoms with Crippen LogP contribution in [0.4, 0.5) is 13.2 Å². The molecule has 0 bridgehead atoms. The lowest BCUT2D eigenvalue weighted by molar-refractivity contribution is 0.548. The number of halogens is 3. The van der Waals surface area contributed by atoms with Crippen LogP contribution in [0.25, 0.3) is 5.83 Å². The van der Waals surface area contributed by atoms with Crippen LogP contribution < -0.4 is 0 Å². The fourth-order valence-corrected chi connectivity index (χ4v) is 2.51. The summed E-state index contributed by atoms with van der Waals surface area (Å²) in [5.41, 5.74) is 1.95. The predicted octanol–water partition coefficient (Wildman–Crippen LogP) is 6.28. The molecule has 0 saturated carbocycles. The van der Waals surface area contributed by atoms with Gasteiger partial charge in [-0.15, -0.1) is 0 Å². The van der Waals surface area contributed by atoms with Crippen LogP contribution in [-0.4, -0.2) is 0 Å². The van der Waals surface area contributed by atoms with E-state index >= 15 is 0 Å². The van der Waals surface area contributed by atoms with Crippen molar-refractivity contribution in [3.63, 3.8) is 0 Å². The van der Waals surface area contributed by atoms with Crippen LogP contribution >= 0.6 is 0 Å². The second-order valence-electron chi connectivity index (χ2n) is 5.94. The third kappa shape index (κ3) is 5.22.